The van der Waals surface area contributed by atoms with Crippen molar-refractivity contribution in [2.24, 2.45) is 0 Å². The van der Waals surface area contributed by atoms with Gasteiger partial charge in [-0.1, -0.05) is 27.7 Å². The Morgan fingerprint density at radius 3 is 2.14 bits per heavy atom. The lowest BCUT2D eigenvalue weighted by atomic mass is 9.87. The first-order chi connectivity index (χ1) is 13.2. The summed E-state index contributed by atoms with van der Waals surface area (Å²) < 4.78 is 41.1. The Bertz CT molecular complexity index is 977. The maximum atomic E-state index is 14.0. The van der Waals surface area contributed by atoms with Crippen LogP contribution in [0, 0.1) is 5.82 Å². The third-order valence-corrected chi connectivity index (χ3v) is 7.53. The van der Waals surface area contributed by atoms with E-state index in [1.807, 2.05) is 27.7 Å². The van der Waals surface area contributed by atoms with Crippen LogP contribution in [0.1, 0.15) is 75.1 Å². The standard InChI is InChI=1S/C20H27FN2O4S2/c1-11(2)14-7-13(21)8-15(12(3)4)16(14)9-17(24)23-29(26,27)18-10-22-19(28-18)20(5,6)25/h7-8,10-12,25H,9H2,1-6H3,(H,23,24). The molecule has 0 radical (unpaired) electrons. The SMILES string of the molecule is CC(C)c1cc(F)cc(C(C)C)c1CC(=O)NS(=O)(=O)c1cnc(C(C)(C)O)s1. The van der Waals surface area contributed by atoms with Crippen LogP contribution in [-0.4, -0.2) is 24.4 Å². The number of amides is 1. The van der Waals surface area contributed by atoms with Crippen LogP contribution >= 0.6 is 11.3 Å². The molecule has 29 heavy (non-hydrogen) atoms. The molecule has 1 aromatic carbocycles. The van der Waals surface area contributed by atoms with Crippen LogP contribution < -0.4 is 4.72 Å². The lowest BCUT2D eigenvalue weighted by Crippen LogP contribution is -2.32. The van der Waals surface area contributed by atoms with Crippen LogP contribution in [0.25, 0.3) is 0 Å². The van der Waals surface area contributed by atoms with Gasteiger partial charge < -0.3 is 5.11 Å². The van der Waals surface area contributed by atoms with Crippen molar-refractivity contribution in [1.29, 1.82) is 0 Å². The number of hydrogen-bond donors (Lipinski definition) is 2. The smallest absolute Gasteiger partial charge is 0.275 e. The van der Waals surface area contributed by atoms with Crippen LogP contribution in [-0.2, 0) is 26.8 Å². The second-order valence-corrected chi connectivity index (χ2v) is 11.1. The van der Waals surface area contributed by atoms with Crippen LogP contribution in [0.4, 0.5) is 4.39 Å². The summed E-state index contributed by atoms with van der Waals surface area (Å²) in [5.41, 5.74) is 0.729. The third kappa shape index (κ3) is 5.61. The summed E-state index contributed by atoms with van der Waals surface area (Å²) in [6, 6.07) is 2.79. The molecule has 2 rings (SSSR count). The second-order valence-electron chi connectivity index (χ2n) is 8.12. The van der Waals surface area contributed by atoms with Gasteiger partial charge in [-0.15, -0.1) is 11.3 Å². The number of nitrogens with zero attached hydrogens (tertiary/aromatic N) is 1. The van der Waals surface area contributed by atoms with E-state index in [1.54, 1.807) is 0 Å². The number of nitrogens with one attached hydrogen (secondary N) is 1. The van der Waals surface area contributed by atoms with Crippen molar-refractivity contribution in [3.8, 4) is 0 Å². The predicted molar refractivity (Wildman–Crippen MR) is 111 cm³/mol. The molecule has 0 fully saturated rings. The molecule has 0 bridgehead atoms. The quantitative estimate of drug-likeness (QED) is 0.680. The summed E-state index contributed by atoms with van der Waals surface area (Å²) in [7, 11) is -4.12. The Morgan fingerprint density at radius 1 is 1.21 bits per heavy atom. The minimum Gasteiger partial charge on any atom is -0.383 e. The van der Waals surface area contributed by atoms with E-state index in [2.05, 4.69) is 9.71 Å². The molecule has 0 unspecified atom stereocenters. The van der Waals surface area contributed by atoms with Gasteiger partial charge in [0, 0.05) is 0 Å². The summed E-state index contributed by atoms with van der Waals surface area (Å²) in [6.45, 7) is 10.6. The van der Waals surface area contributed by atoms with Crippen molar-refractivity contribution in [3.63, 3.8) is 0 Å². The van der Waals surface area contributed by atoms with E-state index in [4.69, 9.17) is 0 Å². The number of thiazole rings is 1. The zero-order chi connectivity index (χ0) is 22.1. The van der Waals surface area contributed by atoms with Crippen molar-refractivity contribution in [2.45, 2.75) is 69.6 Å². The van der Waals surface area contributed by atoms with Crippen LogP contribution in [0.3, 0.4) is 0 Å². The number of rotatable bonds is 7. The van der Waals surface area contributed by atoms with Gasteiger partial charge in [-0.05, 0) is 54.5 Å². The van der Waals surface area contributed by atoms with Gasteiger partial charge in [0.1, 0.15) is 16.4 Å². The molecular weight excluding hydrogens is 415 g/mol. The average Bonchev–Trinajstić information content (AvgIpc) is 3.06. The Morgan fingerprint density at radius 2 is 1.72 bits per heavy atom. The second kappa shape index (κ2) is 8.49. The van der Waals surface area contributed by atoms with Gasteiger partial charge in [-0.25, -0.2) is 22.5 Å². The first kappa shape index (κ1) is 23.4. The summed E-state index contributed by atoms with van der Waals surface area (Å²) in [5, 5.41) is 10.2. The average molecular weight is 443 g/mol. The fourth-order valence-electron chi connectivity index (χ4n) is 2.98. The molecule has 0 spiro atoms. The van der Waals surface area contributed by atoms with E-state index in [9.17, 15) is 22.7 Å². The molecule has 2 N–H and O–H groups in total. The number of halogens is 1. The number of aliphatic hydroxyl groups is 1. The van der Waals surface area contributed by atoms with Crippen molar-refractivity contribution in [3.05, 3.63) is 45.8 Å². The lowest BCUT2D eigenvalue weighted by molar-refractivity contribution is -0.118. The fraction of sp³-hybridized carbons (Fsp3) is 0.500. The first-order valence-electron chi connectivity index (χ1n) is 9.29. The maximum absolute atomic E-state index is 14.0. The van der Waals surface area contributed by atoms with E-state index in [-0.39, 0.29) is 33.3 Å². The highest BCUT2D eigenvalue weighted by Gasteiger charge is 2.27. The van der Waals surface area contributed by atoms with Crippen LogP contribution in [0.15, 0.2) is 22.5 Å². The van der Waals surface area contributed by atoms with Gasteiger partial charge in [0.25, 0.3) is 10.0 Å². The zero-order valence-electron chi connectivity index (χ0n) is 17.4. The molecule has 1 aromatic heterocycles. The fourth-order valence-corrected chi connectivity index (χ4v) is 5.09. The number of benzene rings is 1. The highest BCUT2D eigenvalue weighted by atomic mass is 32.2. The van der Waals surface area contributed by atoms with E-state index >= 15 is 0 Å². The molecule has 0 saturated heterocycles. The van der Waals surface area contributed by atoms with Gasteiger partial charge in [0.2, 0.25) is 5.91 Å². The molecule has 0 aliphatic rings. The van der Waals surface area contributed by atoms with E-state index in [0.29, 0.717) is 16.7 Å². The van der Waals surface area contributed by atoms with Gasteiger partial charge in [-0.2, -0.15) is 0 Å². The van der Waals surface area contributed by atoms with Crippen LogP contribution in [0.2, 0.25) is 0 Å². The van der Waals surface area contributed by atoms with Gasteiger partial charge in [0.05, 0.1) is 12.6 Å². The molecule has 6 nitrogen and oxygen atoms in total. The lowest BCUT2D eigenvalue weighted by Gasteiger charge is -2.19. The monoisotopic (exact) mass is 442 g/mol. The maximum Gasteiger partial charge on any atom is 0.275 e. The predicted octanol–water partition coefficient (Wildman–Crippen LogP) is 3.80. The van der Waals surface area contributed by atoms with Crippen molar-refractivity contribution < 1.29 is 22.7 Å². The molecule has 9 heteroatoms. The molecule has 0 aliphatic heterocycles. The van der Waals surface area contributed by atoms with Crippen molar-refractivity contribution in [2.75, 3.05) is 0 Å². The highest BCUT2D eigenvalue weighted by Crippen LogP contribution is 2.30. The Hall–Kier alpha value is -1.84. The van der Waals surface area contributed by atoms with E-state index in [0.717, 1.165) is 17.5 Å². The van der Waals surface area contributed by atoms with Crippen LogP contribution in [0.5, 0.6) is 0 Å². The number of sulfonamides is 1. The largest absolute Gasteiger partial charge is 0.383 e. The Balaban J connectivity index is 2.32. The van der Waals surface area contributed by atoms with Gasteiger partial charge in [-0.3, -0.25) is 4.79 Å². The topological polar surface area (TPSA) is 96.4 Å². The van der Waals surface area contributed by atoms with Crippen molar-refractivity contribution in [1.82, 2.24) is 9.71 Å². The molecule has 1 heterocycles. The highest BCUT2D eigenvalue weighted by molar-refractivity contribution is 7.92. The number of carbonyl (C=O) groups excluding carboxylic acids is 1. The van der Waals surface area contributed by atoms with Crippen molar-refractivity contribution >= 4 is 27.3 Å². The normalized spacial score (nSPS) is 12.6. The molecule has 0 aliphatic carbocycles. The first-order valence-corrected chi connectivity index (χ1v) is 11.6. The number of hydrogen-bond acceptors (Lipinski definition) is 6. The summed E-state index contributed by atoms with van der Waals surface area (Å²) in [5.74, 6) is -1.14. The number of carbonyl (C=O) groups is 1. The summed E-state index contributed by atoms with van der Waals surface area (Å²) in [4.78, 5) is 16.5. The zero-order valence-corrected chi connectivity index (χ0v) is 19.0. The Kier molecular flexibility index (Phi) is 6.86. The molecule has 0 atom stereocenters. The molecule has 0 saturated carbocycles. The Labute approximate surface area is 175 Å². The third-order valence-electron chi connectivity index (χ3n) is 4.39. The molecular formula is C20H27FN2O4S2. The summed E-state index contributed by atoms with van der Waals surface area (Å²) in [6.07, 6.45) is 0.933. The minimum absolute atomic E-state index is 0.0292. The van der Waals surface area contributed by atoms with E-state index < -0.39 is 21.5 Å². The molecule has 1 amide bonds. The number of aromatic nitrogens is 1. The minimum atomic E-state index is -4.12. The summed E-state index contributed by atoms with van der Waals surface area (Å²) >= 11 is 0.800. The molecule has 160 valence electrons. The van der Waals surface area contributed by atoms with E-state index in [1.165, 1.54) is 26.0 Å². The molecule has 2 aromatic rings. The van der Waals surface area contributed by atoms with Gasteiger partial charge in [0.15, 0.2) is 4.21 Å². The van der Waals surface area contributed by atoms with Gasteiger partial charge >= 0.3 is 0 Å².